The number of aromatic hydroxyl groups is 4. The molecule has 0 amide bonds. The zero-order valence-corrected chi connectivity index (χ0v) is 28.5. The normalized spacial score (nSPS) is 11.2. The number of phenols is 4. The zero-order valence-electron chi connectivity index (χ0n) is 25.4. The van der Waals surface area contributed by atoms with Gasteiger partial charge in [-0.25, -0.2) is 0 Å². The van der Waals surface area contributed by atoms with Crippen LogP contribution in [-0.2, 0) is 12.8 Å². The van der Waals surface area contributed by atoms with E-state index in [1.165, 1.54) is 12.1 Å². The number of nitrogens with one attached hydrogen (secondary N) is 1. The van der Waals surface area contributed by atoms with Gasteiger partial charge in [0.1, 0.15) is 23.0 Å². The molecule has 0 saturated heterocycles. The zero-order chi connectivity index (χ0) is 33.6. The second-order valence-electron chi connectivity index (χ2n) is 11.4. The van der Waals surface area contributed by atoms with E-state index in [1.807, 2.05) is 24.3 Å². The van der Waals surface area contributed by atoms with Crippen molar-refractivity contribution in [2.45, 2.75) is 26.7 Å². The van der Waals surface area contributed by atoms with Crippen LogP contribution in [0.5, 0.6) is 23.0 Å². The summed E-state index contributed by atoms with van der Waals surface area (Å²) in [6, 6.07) is 24.2. The highest BCUT2D eigenvalue weighted by atomic mass is 79.9. The lowest BCUT2D eigenvalue weighted by Crippen LogP contribution is -2.07. The molecule has 47 heavy (non-hydrogen) atoms. The Kier molecular flexibility index (Phi) is 8.70. The summed E-state index contributed by atoms with van der Waals surface area (Å²) in [6.07, 6.45) is 0.0146. The van der Waals surface area contributed by atoms with Crippen molar-refractivity contribution in [1.82, 2.24) is 4.98 Å². The number of carbonyl (C=O) groups excluding carboxylic acids is 2. The molecule has 5 N–H and O–H groups in total. The molecule has 0 saturated carbocycles. The van der Waals surface area contributed by atoms with E-state index in [2.05, 4.69) is 36.8 Å². The predicted molar refractivity (Wildman–Crippen MR) is 188 cm³/mol. The van der Waals surface area contributed by atoms with Gasteiger partial charge in [0.25, 0.3) is 0 Å². The van der Waals surface area contributed by atoms with Gasteiger partial charge in [-0.1, -0.05) is 74.3 Å². The average molecular weight is 755 g/mol. The van der Waals surface area contributed by atoms with E-state index in [1.54, 1.807) is 62.4 Å². The lowest BCUT2D eigenvalue weighted by molar-refractivity contribution is 0.102. The van der Waals surface area contributed by atoms with Crippen LogP contribution in [0.15, 0.2) is 93.9 Å². The molecule has 1 heterocycles. The van der Waals surface area contributed by atoms with Crippen molar-refractivity contribution in [1.29, 1.82) is 0 Å². The van der Waals surface area contributed by atoms with Gasteiger partial charge < -0.3 is 25.4 Å². The van der Waals surface area contributed by atoms with Gasteiger partial charge in [-0.3, -0.25) is 9.59 Å². The standard InChI is InChI=1S/C38H29Br2NO6/c1-19-15-25(35(44)22-10-3-6-12-29(22)39)37(46)27(33(19)42)17-24-21-9-5-8-14-31(21)41-32(24)18-28-34(43)20(2)16-26(38(28)47)36(45)23-11-4-7-13-30(23)40/h3-16,41-43,46-47H,17-18H2,1-2H3. The highest BCUT2D eigenvalue weighted by molar-refractivity contribution is 9.10. The van der Waals surface area contributed by atoms with E-state index >= 15 is 0 Å². The summed E-state index contributed by atoms with van der Waals surface area (Å²) < 4.78 is 1.15. The van der Waals surface area contributed by atoms with Crippen LogP contribution in [0.25, 0.3) is 10.9 Å². The van der Waals surface area contributed by atoms with Crippen LogP contribution in [0.4, 0.5) is 0 Å². The van der Waals surface area contributed by atoms with Crippen molar-refractivity contribution in [3.63, 3.8) is 0 Å². The molecule has 5 aromatic carbocycles. The molecule has 236 valence electrons. The van der Waals surface area contributed by atoms with Crippen molar-refractivity contribution in [3.05, 3.63) is 150 Å². The van der Waals surface area contributed by atoms with Crippen molar-refractivity contribution >= 4 is 54.3 Å². The summed E-state index contributed by atoms with van der Waals surface area (Å²) in [6.45, 7) is 3.32. The lowest BCUT2D eigenvalue weighted by atomic mass is 9.90. The maximum atomic E-state index is 13.6. The minimum Gasteiger partial charge on any atom is -0.507 e. The monoisotopic (exact) mass is 753 g/mol. The van der Waals surface area contributed by atoms with E-state index in [4.69, 9.17) is 0 Å². The van der Waals surface area contributed by atoms with E-state index in [0.29, 0.717) is 42.5 Å². The number of rotatable bonds is 8. The quantitative estimate of drug-likeness (QED) is 0.0988. The molecular formula is C38H29Br2NO6. The molecule has 0 aliphatic carbocycles. The van der Waals surface area contributed by atoms with Crippen LogP contribution in [0, 0.1) is 13.8 Å². The fraction of sp³-hybridized carbons (Fsp3) is 0.105. The van der Waals surface area contributed by atoms with Gasteiger partial charge in [-0.15, -0.1) is 0 Å². The largest absolute Gasteiger partial charge is 0.507 e. The summed E-state index contributed by atoms with van der Waals surface area (Å²) in [7, 11) is 0. The molecule has 0 aliphatic rings. The molecule has 9 heteroatoms. The number of fused-ring (bicyclic) bond motifs is 1. The summed E-state index contributed by atoms with van der Waals surface area (Å²) >= 11 is 6.82. The molecule has 0 unspecified atom stereocenters. The number of benzene rings is 5. The lowest BCUT2D eigenvalue weighted by Gasteiger charge is -2.17. The number of aromatic nitrogens is 1. The summed E-state index contributed by atoms with van der Waals surface area (Å²) in [5.74, 6) is -1.81. The smallest absolute Gasteiger partial charge is 0.197 e. The minimum atomic E-state index is -0.409. The van der Waals surface area contributed by atoms with Gasteiger partial charge in [0.2, 0.25) is 0 Å². The van der Waals surface area contributed by atoms with Gasteiger partial charge in [-0.2, -0.15) is 0 Å². The van der Waals surface area contributed by atoms with Gasteiger partial charge >= 0.3 is 0 Å². The molecule has 0 bridgehead atoms. The van der Waals surface area contributed by atoms with Crippen molar-refractivity contribution in [3.8, 4) is 23.0 Å². The average Bonchev–Trinajstić information content (AvgIpc) is 3.41. The van der Waals surface area contributed by atoms with Crippen LogP contribution in [0.2, 0.25) is 0 Å². The summed E-state index contributed by atoms with van der Waals surface area (Å²) in [4.78, 5) is 30.5. The number of aryl methyl sites for hydroxylation is 2. The SMILES string of the molecule is Cc1cc(C(=O)c2ccccc2Br)c(O)c(Cc2[nH]c3ccccc3c2Cc2c(O)c(C)cc(C(=O)c3ccccc3Br)c2O)c1O. The molecular weight excluding hydrogens is 726 g/mol. The first-order valence-electron chi connectivity index (χ1n) is 14.7. The Hall–Kier alpha value is -4.86. The minimum absolute atomic E-state index is 0.00428. The molecule has 6 rings (SSSR count). The number of carbonyl (C=O) groups is 2. The Bertz CT molecular complexity index is 2240. The van der Waals surface area contributed by atoms with Crippen molar-refractivity contribution < 1.29 is 30.0 Å². The van der Waals surface area contributed by atoms with Crippen molar-refractivity contribution in [2.24, 2.45) is 0 Å². The Labute approximate surface area is 287 Å². The van der Waals surface area contributed by atoms with Crippen LogP contribution >= 0.6 is 31.9 Å². The van der Waals surface area contributed by atoms with Gasteiger partial charge in [0.05, 0.1) is 11.1 Å². The second kappa shape index (κ2) is 12.7. The van der Waals surface area contributed by atoms with E-state index in [-0.39, 0.29) is 58.1 Å². The first-order valence-corrected chi connectivity index (χ1v) is 16.3. The third-order valence-electron chi connectivity index (χ3n) is 8.46. The van der Waals surface area contributed by atoms with Crippen LogP contribution < -0.4 is 0 Å². The topological polar surface area (TPSA) is 131 Å². The Morgan fingerprint density at radius 2 is 1.02 bits per heavy atom. The molecule has 6 aromatic rings. The third-order valence-corrected chi connectivity index (χ3v) is 9.84. The fourth-order valence-electron chi connectivity index (χ4n) is 5.96. The maximum Gasteiger partial charge on any atom is 0.197 e. The van der Waals surface area contributed by atoms with Gasteiger partial charge in [-0.05, 0) is 73.0 Å². The number of hydrogen-bond donors (Lipinski definition) is 5. The fourth-order valence-corrected chi connectivity index (χ4v) is 6.89. The molecule has 0 radical (unpaired) electrons. The molecule has 0 atom stereocenters. The summed E-state index contributed by atoms with van der Waals surface area (Å²) in [5.41, 5.74) is 3.98. The molecule has 0 fully saturated rings. The predicted octanol–water partition coefficient (Wildman–Crippen LogP) is 8.78. The highest BCUT2D eigenvalue weighted by Gasteiger charge is 2.27. The highest BCUT2D eigenvalue weighted by Crippen LogP contribution is 2.42. The van der Waals surface area contributed by atoms with E-state index in [0.717, 1.165) is 10.9 Å². The maximum absolute atomic E-state index is 13.6. The number of halogens is 2. The number of H-pyrrole nitrogens is 1. The second-order valence-corrected chi connectivity index (χ2v) is 13.1. The number of para-hydroxylation sites is 1. The number of phenolic OH excluding ortho intramolecular Hbond substituents is 4. The first kappa shape index (κ1) is 32.1. The number of aromatic amines is 1. The Morgan fingerprint density at radius 1 is 0.574 bits per heavy atom. The molecule has 1 aromatic heterocycles. The van der Waals surface area contributed by atoms with E-state index in [9.17, 15) is 30.0 Å². The van der Waals surface area contributed by atoms with E-state index < -0.39 is 11.6 Å². The third kappa shape index (κ3) is 5.81. The number of hydrogen-bond acceptors (Lipinski definition) is 6. The van der Waals surface area contributed by atoms with Crippen LogP contribution in [0.3, 0.4) is 0 Å². The van der Waals surface area contributed by atoms with Crippen LogP contribution in [-0.4, -0.2) is 37.0 Å². The number of ketones is 2. The van der Waals surface area contributed by atoms with Gasteiger partial charge in [0, 0.05) is 60.6 Å². The molecule has 7 nitrogen and oxygen atoms in total. The van der Waals surface area contributed by atoms with Gasteiger partial charge in [0.15, 0.2) is 11.6 Å². The van der Waals surface area contributed by atoms with Crippen LogP contribution in [0.1, 0.15) is 65.4 Å². The Morgan fingerprint density at radius 3 is 1.53 bits per heavy atom. The molecule has 0 aliphatic heterocycles. The summed E-state index contributed by atoms with van der Waals surface area (Å²) in [5, 5.41) is 46.1. The molecule has 0 spiro atoms. The first-order chi connectivity index (χ1) is 22.5. The Balaban J connectivity index is 1.47. The van der Waals surface area contributed by atoms with Crippen molar-refractivity contribution in [2.75, 3.05) is 0 Å².